The van der Waals surface area contributed by atoms with Crippen LogP contribution in [-0.4, -0.2) is 4.20 Å². The highest BCUT2D eigenvalue weighted by Crippen LogP contribution is 2.53. The minimum absolute atomic E-state index is 0.267. The van der Waals surface area contributed by atoms with Gasteiger partial charge in [-0.05, 0) is 18.4 Å². The molecule has 0 amide bonds. The first-order chi connectivity index (χ1) is 12.7. The van der Waals surface area contributed by atoms with Gasteiger partial charge in [0.25, 0.3) is 0 Å². The van der Waals surface area contributed by atoms with E-state index in [9.17, 15) is 0 Å². The van der Waals surface area contributed by atoms with Gasteiger partial charge in [0.1, 0.15) is 0 Å². The van der Waals surface area contributed by atoms with Crippen LogP contribution < -0.4 is 0 Å². The molecular formula is C24H38S2. The van der Waals surface area contributed by atoms with Gasteiger partial charge in [0.15, 0.2) is 0 Å². The van der Waals surface area contributed by atoms with Crippen molar-refractivity contribution in [2.75, 3.05) is 0 Å². The van der Waals surface area contributed by atoms with Crippen LogP contribution in [0.4, 0.5) is 0 Å². The summed E-state index contributed by atoms with van der Waals surface area (Å²) in [5, 5.41) is 0. The number of fused-ring (bicyclic) bond motifs is 1. The van der Waals surface area contributed by atoms with Gasteiger partial charge in [-0.15, -0.1) is 11.8 Å². The number of unbranched alkanes of at least 4 members (excludes halogenated alkanes) is 10. The Balaban J connectivity index is 1.93. The van der Waals surface area contributed by atoms with E-state index >= 15 is 0 Å². The van der Waals surface area contributed by atoms with Crippen molar-refractivity contribution in [1.82, 2.24) is 0 Å². The number of benzene rings is 1. The van der Waals surface area contributed by atoms with Gasteiger partial charge >= 0.3 is 0 Å². The largest absolute Gasteiger partial charge is 0.102 e. The SMILES string of the molecule is CCCCCCCCC1(CCCCCCCC)SC(=S)c2ccccc21. The van der Waals surface area contributed by atoms with Gasteiger partial charge in [0.2, 0.25) is 0 Å². The fraction of sp³-hybridized carbons (Fsp3) is 0.708. The molecule has 1 aromatic rings. The molecule has 0 fully saturated rings. The third kappa shape index (κ3) is 6.37. The molecule has 0 atom stereocenters. The van der Waals surface area contributed by atoms with Crippen LogP contribution in [0.2, 0.25) is 0 Å². The average Bonchev–Trinajstić information content (AvgIpc) is 2.94. The minimum atomic E-state index is 0.267. The summed E-state index contributed by atoms with van der Waals surface area (Å²) >= 11 is 7.77. The molecule has 0 saturated carbocycles. The third-order valence-corrected chi connectivity index (χ3v) is 7.69. The zero-order valence-corrected chi connectivity index (χ0v) is 18.7. The predicted molar refractivity (Wildman–Crippen MR) is 123 cm³/mol. The monoisotopic (exact) mass is 390 g/mol. The Kier molecular flexibility index (Phi) is 10.3. The van der Waals surface area contributed by atoms with Crippen molar-refractivity contribution in [3.8, 4) is 0 Å². The van der Waals surface area contributed by atoms with Crippen molar-refractivity contribution in [3.05, 3.63) is 35.4 Å². The second-order valence-corrected chi connectivity index (χ2v) is 10.0. The number of thioether (sulfide) groups is 1. The van der Waals surface area contributed by atoms with Crippen LogP contribution in [-0.2, 0) is 4.75 Å². The molecule has 0 N–H and O–H groups in total. The van der Waals surface area contributed by atoms with Crippen molar-refractivity contribution in [3.63, 3.8) is 0 Å². The number of hydrogen-bond acceptors (Lipinski definition) is 2. The number of rotatable bonds is 14. The Morgan fingerprint density at radius 1 is 0.731 bits per heavy atom. The summed E-state index contributed by atoms with van der Waals surface area (Å²) < 4.78 is 1.40. The van der Waals surface area contributed by atoms with Crippen molar-refractivity contribution in [2.24, 2.45) is 0 Å². The molecule has 1 aliphatic rings. The van der Waals surface area contributed by atoms with Crippen LogP contribution in [0.25, 0.3) is 0 Å². The molecular weight excluding hydrogens is 352 g/mol. The predicted octanol–water partition coefficient (Wildman–Crippen LogP) is 8.81. The van der Waals surface area contributed by atoms with E-state index in [4.69, 9.17) is 12.2 Å². The quantitative estimate of drug-likeness (QED) is 0.230. The maximum absolute atomic E-state index is 5.76. The first kappa shape index (κ1) is 22.0. The fourth-order valence-corrected chi connectivity index (χ4v) is 6.30. The molecule has 0 aromatic heterocycles. The van der Waals surface area contributed by atoms with E-state index in [0.29, 0.717) is 0 Å². The molecule has 1 aliphatic heterocycles. The van der Waals surface area contributed by atoms with Gasteiger partial charge in [0.05, 0.1) is 4.20 Å². The molecule has 0 bridgehead atoms. The lowest BCUT2D eigenvalue weighted by Crippen LogP contribution is -2.19. The molecule has 0 unspecified atom stereocenters. The van der Waals surface area contributed by atoms with Crippen LogP contribution in [0.5, 0.6) is 0 Å². The average molecular weight is 391 g/mol. The van der Waals surface area contributed by atoms with Crippen molar-refractivity contribution < 1.29 is 0 Å². The van der Waals surface area contributed by atoms with Gasteiger partial charge in [0, 0.05) is 10.3 Å². The smallest absolute Gasteiger partial charge is 0.0790 e. The molecule has 1 heterocycles. The summed E-state index contributed by atoms with van der Waals surface area (Å²) in [5.74, 6) is 0. The molecule has 26 heavy (non-hydrogen) atoms. The summed E-state index contributed by atoms with van der Waals surface area (Å²) in [6.07, 6.45) is 19.1. The van der Waals surface area contributed by atoms with E-state index in [1.807, 2.05) is 11.8 Å². The second kappa shape index (κ2) is 12.2. The second-order valence-electron chi connectivity index (χ2n) is 7.96. The lowest BCUT2D eigenvalue weighted by atomic mass is 9.85. The van der Waals surface area contributed by atoms with Gasteiger partial charge in [-0.1, -0.05) is 127 Å². The molecule has 0 radical (unpaired) electrons. The summed E-state index contributed by atoms with van der Waals surface area (Å²) in [4.78, 5) is 0. The van der Waals surface area contributed by atoms with Crippen LogP contribution >= 0.6 is 24.0 Å². The van der Waals surface area contributed by atoms with Gasteiger partial charge in [-0.2, -0.15) is 0 Å². The maximum Gasteiger partial charge on any atom is 0.0790 e. The maximum atomic E-state index is 5.76. The van der Waals surface area contributed by atoms with Crippen molar-refractivity contribution >= 4 is 28.2 Å². The Morgan fingerprint density at radius 3 is 1.81 bits per heavy atom. The molecule has 2 heteroatoms. The van der Waals surface area contributed by atoms with Gasteiger partial charge < -0.3 is 0 Å². The van der Waals surface area contributed by atoms with E-state index in [1.165, 1.54) is 101 Å². The van der Waals surface area contributed by atoms with Crippen molar-refractivity contribution in [1.29, 1.82) is 0 Å². The topological polar surface area (TPSA) is 0 Å². The third-order valence-electron chi connectivity index (χ3n) is 5.79. The van der Waals surface area contributed by atoms with Crippen LogP contribution in [0.1, 0.15) is 115 Å². The van der Waals surface area contributed by atoms with E-state index in [2.05, 4.69) is 38.1 Å². The van der Waals surface area contributed by atoms with Gasteiger partial charge in [-0.25, -0.2) is 0 Å². The lowest BCUT2D eigenvalue weighted by Gasteiger charge is -2.29. The lowest BCUT2D eigenvalue weighted by molar-refractivity contribution is 0.456. The molecule has 1 aromatic carbocycles. The first-order valence-corrected chi connectivity index (χ1v) is 12.3. The molecule has 2 rings (SSSR count). The zero-order valence-electron chi connectivity index (χ0n) is 17.0. The van der Waals surface area contributed by atoms with Crippen LogP contribution in [0.3, 0.4) is 0 Å². The summed E-state index contributed by atoms with van der Waals surface area (Å²) in [6.45, 7) is 4.59. The van der Waals surface area contributed by atoms with E-state index in [0.717, 1.165) is 4.20 Å². The summed E-state index contributed by atoms with van der Waals surface area (Å²) in [6, 6.07) is 8.96. The van der Waals surface area contributed by atoms with E-state index < -0.39 is 0 Å². The standard InChI is InChI=1S/C24H38S2/c1-3-5-7-9-11-15-19-24(20-16-12-10-8-6-4-2)22-18-14-13-17-21(22)23(25)26-24/h13-14,17-18H,3-12,15-16,19-20H2,1-2H3. The molecule has 0 saturated heterocycles. The van der Waals surface area contributed by atoms with E-state index in [1.54, 1.807) is 0 Å². The Bertz CT molecular complexity index is 519. The summed E-state index contributed by atoms with van der Waals surface area (Å²) in [5.41, 5.74) is 2.89. The first-order valence-electron chi connectivity index (χ1n) is 11.1. The van der Waals surface area contributed by atoms with Crippen LogP contribution in [0.15, 0.2) is 24.3 Å². The number of hydrogen-bond donors (Lipinski definition) is 0. The molecule has 0 spiro atoms. The summed E-state index contributed by atoms with van der Waals surface area (Å²) in [7, 11) is 0. The Labute approximate surface area is 171 Å². The molecule has 146 valence electrons. The highest BCUT2D eigenvalue weighted by molar-refractivity contribution is 8.24. The minimum Gasteiger partial charge on any atom is -0.102 e. The molecule has 0 nitrogen and oxygen atoms in total. The molecule has 0 aliphatic carbocycles. The van der Waals surface area contributed by atoms with Gasteiger partial charge in [-0.3, -0.25) is 0 Å². The zero-order chi connectivity index (χ0) is 18.7. The highest BCUT2D eigenvalue weighted by atomic mass is 32.2. The fourth-order valence-electron chi connectivity index (χ4n) is 4.22. The Hall–Kier alpha value is -0.340. The van der Waals surface area contributed by atoms with E-state index in [-0.39, 0.29) is 4.75 Å². The van der Waals surface area contributed by atoms with Crippen LogP contribution in [0, 0.1) is 0 Å². The highest BCUT2D eigenvalue weighted by Gasteiger charge is 2.41. The number of thiocarbonyl (C=S) groups is 1. The van der Waals surface area contributed by atoms with Crippen molar-refractivity contribution in [2.45, 2.75) is 108 Å². The Morgan fingerprint density at radius 2 is 1.23 bits per heavy atom. The normalized spacial score (nSPS) is 15.4.